The van der Waals surface area contributed by atoms with Gasteiger partial charge in [-0.1, -0.05) is 11.6 Å². The number of benzene rings is 2. The highest BCUT2D eigenvalue weighted by Gasteiger charge is 2.05. The molecule has 1 N–H and O–H groups in total. The summed E-state index contributed by atoms with van der Waals surface area (Å²) in [5.41, 5.74) is 2.55. The summed E-state index contributed by atoms with van der Waals surface area (Å²) < 4.78 is 16.1. The van der Waals surface area contributed by atoms with Gasteiger partial charge in [0.1, 0.15) is 18.1 Å². The lowest BCUT2D eigenvalue weighted by atomic mass is 10.1. The summed E-state index contributed by atoms with van der Waals surface area (Å²) in [6, 6.07) is 16.3. The average Bonchev–Trinajstić information content (AvgIpc) is 2.78. The maximum absolute atomic E-state index is 11.9. The van der Waals surface area contributed by atoms with Crippen molar-refractivity contribution in [2.24, 2.45) is 0 Å². The number of methoxy groups -OCH3 is 1. The Bertz CT molecular complexity index is 979. The van der Waals surface area contributed by atoms with Crippen molar-refractivity contribution in [3.05, 3.63) is 65.2 Å². The van der Waals surface area contributed by atoms with Gasteiger partial charge in [0, 0.05) is 16.7 Å². The molecule has 3 rings (SSSR count). The van der Waals surface area contributed by atoms with Gasteiger partial charge >= 0.3 is 0 Å². The van der Waals surface area contributed by atoms with Gasteiger partial charge in [-0.2, -0.15) is 0 Å². The van der Waals surface area contributed by atoms with Crippen molar-refractivity contribution < 1.29 is 19.0 Å². The summed E-state index contributed by atoms with van der Waals surface area (Å²) in [6.45, 7) is 2.38. The molecule has 156 valence electrons. The first kappa shape index (κ1) is 21.4. The van der Waals surface area contributed by atoms with Gasteiger partial charge in [0.15, 0.2) is 6.61 Å². The predicted molar refractivity (Wildman–Crippen MR) is 114 cm³/mol. The second-order valence-electron chi connectivity index (χ2n) is 6.38. The average molecular weight is 428 g/mol. The highest BCUT2D eigenvalue weighted by atomic mass is 35.5. The third-order valence-corrected chi connectivity index (χ3v) is 4.62. The number of hydrogen-bond donors (Lipinski definition) is 1. The van der Waals surface area contributed by atoms with Gasteiger partial charge in [0.05, 0.1) is 19.3 Å². The zero-order chi connectivity index (χ0) is 21.3. The summed E-state index contributed by atoms with van der Waals surface area (Å²) in [5, 5.41) is 11.6. The SMILES string of the molecule is COc1ccc(-c2ccc(OCCNC(=O)COc3ccc(Cl)c(C)c3)nn2)cc1. The minimum Gasteiger partial charge on any atom is -0.497 e. The van der Waals surface area contributed by atoms with Crippen molar-refractivity contribution in [3.63, 3.8) is 0 Å². The topological polar surface area (TPSA) is 82.6 Å². The molecule has 3 aromatic rings. The quantitative estimate of drug-likeness (QED) is 0.524. The van der Waals surface area contributed by atoms with Gasteiger partial charge in [0.2, 0.25) is 5.88 Å². The smallest absolute Gasteiger partial charge is 0.258 e. The molecule has 8 heteroatoms. The fraction of sp³-hybridized carbons (Fsp3) is 0.227. The third-order valence-electron chi connectivity index (χ3n) is 4.20. The molecule has 0 atom stereocenters. The van der Waals surface area contributed by atoms with Gasteiger partial charge < -0.3 is 19.5 Å². The van der Waals surface area contributed by atoms with Crippen LogP contribution >= 0.6 is 11.6 Å². The molecule has 0 saturated heterocycles. The zero-order valence-corrected chi connectivity index (χ0v) is 17.5. The molecule has 30 heavy (non-hydrogen) atoms. The molecule has 0 fully saturated rings. The largest absolute Gasteiger partial charge is 0.497 e. The molecular formula is C22H22ClN3O4. The Morgan fingerprint density at radius 1 is 1.00 bits per heavy atom. The first-order valence-electron chi connectivity index (χ1n) is 9.32. The van der Waals surface area contributed by atoms with Crippen molar-refractivity contribution in [3.8, 4) is 28.6 Å². The number of carbonyl (C=O) groups is 1. The van der Waals surface area contributed by atoms with E-state index in [2.05, 4.69) is 15.5 Å². The monoisotopic (exact) mass is 427 g/mol. The van der Waals surface area contributed by atoms with E-state index in [1.54, 1.807) is 31.4 Å². The molecule has 7 nitrogen and oxygen atoms in total. The number of hydrogen-bond acceptors (Lipinski definition) is 6. The maximum atomic E-state index is 11.9. The lowest BCUT2D eigenvalue weighted by Gasteiger charge is -2.09. The number of nitrogens with zero attached hydrogens (tertiary/aromatic N) is 2. The van der Waals surface area contributed by atoms with Crippen LogP contribution in [0.25, 0.3) is 11.3 Å². The van der Waals surface area contributed by atoms with E-state index in [0.717, 1.165) is 22.6 Å². The number of carbonyl (C=O) groups excluding carboxylic acids is 1. The Morgan fingerprint density at radius 2 is 1.77 bits per heavy atom. The number of rotatable bonds is 9. The molecule has 0 aliphatic carbocycles. The van der Waals surface area contributed by atoms with E-state index in [1.165, 1.54) is 0 Å². The summed E-state index contributed by atoms with van der Waals surface area (Å²) in [6.07, 6.45) is 0. The van der Waals surface area contributed by atoms with Crippen LogP contribution in [0.15, 0.2) is 54.6 Å². The van der Waals surface area contributed by atoms with Crippen LogP contribution in [0.5, 0.6) is 17.4 Å². The highest BCUT2D eigenvalue weighted by molar-refractivity contribution is 6.31. The summed E-state index contributed by atoms with van der Waals surface area (Å²) in [7, 11) is 1.62. The normalized spacial score (nSPS) is 10.4. The van der Waals surface area contributed by atoms with Gasteiger partial charge in [0.25, 0.3) is 5.91 Å². The first-order valence-corrected chi connectivity index (χ1v) is 9.69. The molecule has 0 unspecified atom stereocenters. The van der Waals surface area contributed by atoms with Crippen molar-refractivity contribution in [2.45, 2.75) is 6.92 Å². The van der Waals surface area contributed by atoms with Crippen LogP contribution in [0.2, 0.25) is 5.02 Å². The molecule has 1 amide bonds. The second kappa shape index (κ2) is 10.5. The van der Waals surface area contributed by atoms with Crippen LogP contribution in [0, 0.1) is 6.92 Å². The van der Waals surface area contributed by atoms with Gasteiger partial charge in [-0.3, -0.25) is 4.79 Å². The molecule has 1 heterocycles. The molecule has 1 aromatic heterocycles. The fourth-order valence-corrected chi connectivity index (χ4v) is 2.68. The lowest BCUT2D eigenvalue weighted by molar-refractivity contribution is -0.123. The maximum Gasteiger partial charge on any atom is 0.258 e. The molecule has 0 radical (unpaired) electrons. The Labute approximate surface area is 179 Å². The van der Waals surface area contributed by atoms with E-state index in [-0.39, 0.29) is 19.1 Å². The van der Waals surface area contributed by atoms with Crippen LogP contribution in [-0.2, 0) is 4.79 Å². The van der Waals surface area contributed by atoms with Crippen LogP contribution in [-0.4, -0.2) is 43.0 Å². The third kappa shape index (κ3) is 6.09. The molecule has 0 bridgehead atoms. The standard InChI is InChI=1S/C22H22ClN3O4/c1-15-13-18(7-8-19(15)23)30-14-21(27)24-11-12-29-22-10-9-20(25-26-22)16-3-5-17(28-2)6-4-16/h3-10,13H,11-12,14H2,1-2H3,(H,24,27). The Balaban J connectivity index is 1.38. The Morgan fingerprint density at radius 3 is 2.43 bits per heavy atom. The number of amides is 1. The summed E-state index contributed by atoms with van der Waals surface area (Å²) in [5.74, 6) is 1.51. The van der Waals surface area contributed by atoms with E-state index in [9.17, 15) is 4.79 Å². The van der Waals surface area contributed by atoms with Crippen molar-refractivity contribution in [1.29, 1.82) is 0 Å². The van der Waals surface area contributed by atoms with E-state index >= 15 is 0 Å². The van der Waals surface area contributed by atoms with Crippen molar-refractivity contribution >= 4 is 17.5 Å². The number of nitrogens with one attached hydrogen (secondary N) is 1. The lowest BCUT2D eigenvalue weighted by Crippen LogP contribution is -2.32. The highest BCUT2D eigenvalue weighted by Crippen LogP contribution is 2.22. The van der Waals surface area contributed by atoms with Gasteiger partial charge in [-0.15, -0.1) is 10.2 Å². The Hall–Kier alpha value is -3.32. The Kier molecular flexibility index (Phi) is 7.45. The van der Waals surface area contributed by atoms with Gasteiger partial charge in [-0.25, -0.2) is 0 Å². The zero-order valence-electron chi connectivity index (χ0n) is 16.7. The van der Waals surface area contributed by atoms with Crippen LogP contribution < -0.4 is 19.5 Å². The van der Waals surface area contributed by atoms with E-state index in [1.807, 2.05) is 37.3 Å². The van der Waals surface area contributed by atoms with Crippen LogP contribution in [0.3, 0.4) is 0 Å². The number of halogens is 1. The first-order chi connectivity index (χ1) is 14.5. The second-order valence-corrected chi connectivity index (χ2v) is 6.79. The van der Waals surface area contributed by atoms with E-state index < -0.39 is 0 Å². The fourth-order valence-electron chi connectivity index (χ4n) is 2.57. The van der Waals surface area contributed by atoms with E-state index in [0.29, 0.717) is 23.2 Å². The van der Waals surface area contributed by atoms with E-state index in [4.69, 9.17) is 25.8 Å². The molecule has 0 spiro atoms. The summed E-state index contributed by atoms with van der Waals surface area (Å²) in [4.78, 5) is 11.9. The predicted octanol–water partition coefficient (Wildman–Crippen LogP) is 3.69. The number of aromatic nitrogens is 2. The molecule has 0 aliphatic rings. The molecular weight excluding hydrogens is 406 g/mol. The van der Waals surface area contributed by atoms with Crippen molar-refractivity contribution in [1.82, 2.24) is 15.5 Å². The summed E-state index contributed by atoms with van der Waals surface area (Å²) >= 11 is 5.97. The molecule has 0 saturated carbocycles. The van der Waals surface area contributed by atoms with Crippen molar-refractivity contribution in [2.75, 3.05) is 26.9 Å². The minimum absolute atomic E-state index is 0.0859. The molecule has 2 aromatic carbocycles. The minimum atomic E-state index is -0.243. The van der Waals surface area contributed by atoms with Gasteiger partial charge in [-0.05, 0) is 61.0 Å². The van der Waals surface area contributed by atoms with Crippen LogP contribution in [0.1, 0.15) is 5.56 Å². The number of ether oxygens (including phenoxy) is 3. The molecule has 0 aliphatic heterocycles. The number of aryl methyl sites for hydroxylation is 1. The van der Waals surface area contributed by atoms with Crippen LogP contribution in [0.4, 0.5) is 0 Å².